The number of rotatable bonds is 5. The molecular weight excluding hydrogens is 392 g/mol. The van der Waals surface area contributed by atoms with E-state index in [0.717, 1.165) is 25.2 Å². The van der Waals surface area contributed by atoms with Crippen LogP contribution in [-0.4, -0.2) is 11.6 Å². The molecule has 5 aliphatic carbocycles. The largest absolute Gasteiger partial charge is 0.300 e. The zero-order valence-corrected chi connectivity index (χ0v) is 22.0. The van der Waals surface area contributed by atoms with E-state index in [2.05, 4.69) is 48.5 Å². The molecule has 0 aliphatic heterocycles. The summed E-state index contributed by atoms with van der Waals surface area (Å²) in [5, 5.41) is 0. The first-order valence-electron chi connectivity index (χ1n) is 13.9. The van der Waals surface area contributed by atoms with Crippen molar-refractivity contribution >= 4 is 11.6 Å². The third-order valence-electron chi connectivity index (χ3n) is 12.8. The van der Waals surface area contributed by atoms with Gasteiger partial charge in [0.15, 0.2) is 0 Å². The Morgan fingerprint density at radius 2 is 1.50 bits per heavy atom. The number of hydrogen-bond acceptors (Lipinski definition) is 2. The molecule has 0 aromatic heterocycles. The molecule has 0 amide bonds. The number of Topliss-reactive ketones (excluding diaryl/α,β-unsaturated/α-hetero) is 2. The van der Waals surface area contributed by atoms with Gasteiger partial charge < -0.3 is 0 Å². The molecular formula is C30H48O2. The van der Waals surface area contributed by atoms with E-state index in [0.29, 0.717) is 56.9 Å². The van der Waals surface area contributed by atoms with Gasteiger partial charge in [-0.3, -0.25) is 9.59 Å². The first kappa shape index (κ1) is 23.1. The topological polar surface area (TPSA) is 34.1 Å². The molecule has 5 saturated carbocycles. The van der Waals surface area contributed by atoms with Gasteiger partial charge in [0.1, 0.15) is 11.6 Å². The maximum absolute atomic E-state index is 12.8. The van der Waals surface area contributed by atoms with Gasteiger partial charge in [0.05, 0.1) is 0 Å². The highest BCUT2D eigenvalue weighted by Crippen LogP contribution is 2.88. The average molecular weight is 441 g/mol. The van der Waals surface area contributed by atoms with Crippen LogP contribution in [0.1, 0.15) is 119 Å². The highest BCUT2D eigenvalue weighted by Gasteiger charge is 2.82. The van der Waals surface area contributed by atoms with Crippen LogP contribution >= 0.6 is 0 Å². The van der Waals surface area contributed by atoms with Crippen LogP contribution in [-0.2, 0) is 9.59 Å². The molecule has 0 bridgehead atoms. The van der Waals surface area contributed by atoms with E-state index in [1.807, 2.05) is 0 Å². The van der Waals surface area contributed by atoms with Crippen LogP contribution in [0.5, 0.6) is 0 Å². The number of carbonyl (C=O) groups excluding carboxylic acids is 2. The standard InChI is InChI=1S/C30H48O2/c1-19(2)16-21(31)17-20(3)22-10-12-28(7)24-9-8-23-26(4,5)25(32)11-13-29(23)18-30(24,29)15-14-27(22,28)6/h19-20,22-24H,8-18H2,1-7H3. The Labute approximate surface area is 197 Å². The Balaban J connectivity index is 1.40. The van der Waals surface area contributed by atoms with Crippen LogP contribution in [0, 0.1) is 56.7 Å². The van der Waals surface area contributed by atoms with E-state index in [1.54, 1.807) is 0 Å². The minimum atomic E-state index is -0.113. The molecule has 0 radical (unpaired) electrons. The monoisotopic (exact) mass is 440 g/mol. The molecule has 0 heterocycles. The minimum Gasteiger partial charge on any atom is -0.300 e. The van der Waals surface area contributed by atoms with Gasteiger partial charge in [-0.25, -0.2) is 0 Å². The number of ketones is 2. The molecule has 2 heteroatoms. The molecule has 8 atom stereocenters. The molecule has 0 aromatic carbocycles. The van der Waals surface area contributed by atoms with Crippen molar-refractivity contribution in [1.29, 1.82) is 0 Å². The first-order chi connectivity index (χ1) is 14.8. The number of carbonyl (C=O) groups is 2. The second-order valence-corrected chi connectivity index (χ2v) is 14.6. The SMILES string of the molecule is CC(C)CC(=O)CC(C)C1CCC2(C)C3CCC4C(C)(C)C(=O)CCC45CC35CCC12C. The second-order valence-electron chi connectivity index (χ2n) is 14.6. The predicted molar refractivity (Wildman–Crippen MR) is 130 cm³/mol. The van der Waals surface area contributed by atoms with Crippen LogP contribution in [0.25, 0.3) is 0 Å². The minimum absolute atomic E-state index is 0.113. The maximum Gasteiger partial charge on any atom is 0.138 e. The second kappa shape index (κ2) is 6.94. The zero-order chi connectivity index (χ0) is 23.3. The van der Waals surface area contributed by atoms with Crippen molar-refractivity contribution in [3.63, 3.8) is 0 Å². The Bertz CT molecular complexity index is 825. The third-order valence-corrected chi connectivity index (χ3v) is 12.8. The average Bonchev–Trinajstić information content (AvgIpc) is 3.27. The quantitative estimate of drug-likeness (QED) is 0.440. The molecule has 5 rings (SSSR count). The van der Waals surface area contributed by atoms with E-state index in [-0.39, 0.29) is 5.41 Å². The molecule has 8 unspecified atom stereocenters. The summed E-state index contributed by atoms with van der Waals surface area (Å²) in [5.41, 5.74) is 1.66. The number of hydrogen-bond donors (Lipinski definition) is 0. The zero-order valence-electron chi connectivity index (χ0n) is 22.0. The smallest absolute Gasteiger partial charge is 0.138 e. The maximum atomic E-state index is 12.8. The fraction of sp³-hybridized carbons (Fsp3) is 0.933. The normalized spacial score (nSPS) is 49.6. The lowest BCUT2D eigenvalue weighted by molar-refractivity contribution is -0.157. The Morgan fingerprint density at radius 3 is 2.19 bits per heavy atom. The van der Waals surface area contributed by atoms with Gasteiger partial charge >= 0.3 is 0 Å². The fourth-order valence-corrected chi connectivity index (χ4v) is 11.2. The molecule has 5 aliphatic rings. The molecule has 180 valence electrons. The Morgan fingerprint density at radius 1 is 0.844 bits per heavy atom. The van der Waals surface area contributed by atoms with E-state index in [1.165, 1.54) is 51.4 Å². The van der Waals surface area contributed by atoms with Crippen molar-refractivity contribution in [2.45, 2.75) is 119 Å². The van der Waals surface area contributed by atoms with E-state index < -0.39 is 0 Å². The van der Waals surface area contributed by atoms with Crippen LogP contribution in [0.15, 0.2) is 0 Å². The molecule has 0 N–H and O–H groups in total. The summed E-state index contributed by atoms with van der Waals surface area (Å²) in [5.74, 6) is 4.13. The summed E-state index contributed by atoms with van der Waals surface area (Å²) in [6.07, 6.45) is 12.9. The van der Waals surface area contributed by atoms with Crippen molar-refractivity contribution in [1.82, 2.24) is 0 Å². The lowest BCUT2D eigenvalue weighted by Crippen LogP contribution is -2.57. The van der Waals surface area contributed by atoms with E-state index >= 15 is 0 Å². The van der Waals surface area contributed by atoms with Crippen LogP contribution < -0.4 is 0 Å². The fourth-order valence-electron chi connectivity index (χ4n) is 11.2. The van der Waals surface area contributed by atoms with Gasteiger partial charge in [-0.2, -0.15) is 0 Å². The van der Waals surface area contributed by atoms with Crippen molar-refractivity contribution in [3.8, 4) is 0 Å². The number of fused-ring (bicyclic) bond motifs is 2. The Kier molecular flexibility index (Phi) is 5.01. The Hall–Kier alpha value is -0.660. The molecule has 32 heavy (non-hydrogen) atoms. The molecule has 5 fully saturated rings. The van der Waals surface area contributed by atoms with Crippen molar-refractivity contribution in [3.05, 3.63) is 0 Å². The van der Waals surface area contributed by atoms with Gasteiger partial charge in [-0.05, 0) is 103 Å². The van der Waals surface area contributed by atoms with Crippen LogP contribution in [0.2, 0.25) is 0 Å². The van der Waals surface area contributed by atoms with E-state index in [4.69, 9.17) is 0 Å². The van der Waals surface area contributed by atoms with Crippen molar-refractivity contribution in [2.75, 3.05) is 0 Å². The third kappa shape index (κ3) is 2.70. The highest BCUT2D eigenvalue weighted by molar-refractivity contribution is 5.86. The van der Waals surface area contributed by atoms with Gasteiger partial charge in [-0.15, -0.1) is 0 Å². The summed E-state index contributed by atoms with van der Waals surface area (Å²) in [6.45, 7) is 16.5. The van der Waals surface area contributed by atoms with Crippen molar-refractivity contribution < 1.29 is 9.59 Å². The van der Waals surface area contributed by atoms with Crippen LogP contribution in [0.4, 0.5) is 0 Å². The van der Waals surface area contributed by atoms with Gasteiger partial charge in [0, 0.05) is 24.7 Å². The summed E-state index contributed by atoms with van der Waals surface area (Å²) in [4.78, 5) is 25.5. The molecule has 2 spiro atoms. The van der Waals surface area contributed by atoms with Gasteiger partial charge in [-0.1, -0.05) is 48.5 Å². The van der Waals surface area contributed by atoms with E-state index in [9.17, 15) is 9.59 Å². The summed E-state index contributed by atoms with van der Waals surface area (Å²) >= 11 is 0. The summed E-state index contributed by atoms with van der Waals surface area (Å²) in [6, 6.07) is 0. The summed E-state index contributed by atoms with van der Waals surface area (Å²) in [7, 11) is 0. The first-order valence-corrected chi connectivity index (χ1v) is 13.9. The lowest BCUT2D eigenvalue weighted by atomic mass is 9.42. The molecule has 0 saturated heterocycles. The van der Waals surface area contributed by atoms with Crippen LogP contribution in [0.3, 0.4) is 0 Å². The summed E-state index contributed by atoms with van der Waals surface area (Å²) < 4.78 is 0. The van der Waals surface area contributed by atoms with Gasteiger partial charge in [0.25, 0.3) is 0 Å². The van der Waals surface area contributed by atoms with Crippen molar-refractivity contribution in [2.24, 2.45) is 56.7 Å². The lowest BCUT2D eigenvalue weighted by Gasteiger charge is -2.62. The predicted octanol–water partition coefficient (Wildman–Crippen LogP) is 7.64. The highest BCUT2D eigenvalue weighted by atomic mass is 16.1. The molecule has 2 nitrogen and oxygen atoms in total. The van der Waals surface area contributed by atoms with Gasteiger partial charge in [0.2, 0.25) is 0 Å². The molecule has 0 aromatic rings.